The van der Waals surface area contributed by atoms with Gasteiger partial charge in [0.15, 0.2) is 5.13 Å². The van der Waals surface area contributed by atoms with Gasteiger partial charge in [-0.1, -0.05) is 35.6 Å². The number of rotatable bonds is 5. The average Bonchev–Trinajstić information content (AvgIpc) is 3.46. The molecular weight excluding hydrogens is 453 g/mol. The summed E-state index contributed by atoms with van der Waals surface area (Å²) in [6, 6.07) is 11.1. The fraction of sp³-hybridized carbons (Fsp3) is 0.318. The van der Waals surface area contributed by atoms with Crippen LogP contribution in [0.5, 0.6) is 0 Å². The lowest BCUT2D eigenvalue weighted by molar-refractivity contribution is -0.118. The minimum absolute atomic E-state index is 0.240. The van der Waals surface area contributed by atoms with Crippen molar-refractivity contribution in [2.24, 2.45) is 13.0 Å². The Kier molecular flexibility index (Phi) is 5.35. The van der Waals surface area contributed by atoms with Gasteiger partial charge in [0.1, 0.15) is 5.82 Å². The number of nitrogens with zero attached hydrogens (tertiary/aromatic N) is 5. The van der Waals surface area contributed by atoms with E-state index in [0.717, 1.165) is 11.3 Å². The molecule has 170 valence electrons. The van der Waals surface area contributed by atoms with Gasteiger partial charge in [-0.2, -0.15) is 4.80 Å². The van der Waals surface area contributed by atoms with Crippen LogP contribution in [-0.2, 0) is 11.8 Å². The molecule has 1 fully saturated rings. The van der Waals surface area contributed by atoms with Crippen LogP contribution in [0, 0.1) is 11.7 Å². The number of nitrogens with one attached hydrogen (secondary N) is 1. The summed E-state index contributed by atoms with van der Waals surface area (Å²) in [5.41, 5.74) is 1.88. The van der Waals surface area contributed by atoms with Gasteiger partial charge in [0.05, 0.1) is 23.2 Å². The number of thiazole rings is 1. The zero-order chi connectivity index (χ0) is 23.2. The Morgan fingerprint density at radius 1 is 1.24 bits per heavy atom. The van der Waals surface area contributed by atoms with Crippen molar-refractivity contribution in [1.29, 1.82) is 0 Å². The highest BCUT2D eigenvalue weighted by molar-refractivity contribution is 7.22. The molecule has 0 radical (unpaired) electrons. The molecule has 0 unspecified atom stereocenters. The number of carbonyl (C=O) groups excluding carboxylic acids is 1. The molecule has 7 nitrogen and oxygen atoms in total. The third-order valence-corrected chi connectivity index (χ3v) is 6.75. The summed E-state index contributed by atoms with van der Waals surface area (Å²) in [5, 5.41) is 15.0. The molecule has 0 bridgehead atoms. The highest BCUT2D eigenvalue weighted by Gasteiger charge is 2.45. The van der Waals surface area contributed by atoms with Gasteiger partial charge in [0.2, 0.25) is 17.7 Å². The van der Waals surface area contributed by atoms with Crippen LogP contribution in [-0.4, -0.2) is 37.0 Å². The largest absolute Gasteiger partial charge is 0.301 e. The van der Waals surface area contributed by atoms with Gasteiger partial charge in [-0.15, -0.1) is 10.2 Å². The van der Waals surface area contributed by atoms with E-state index in [-0.39, 0.29) is 19.3 Å². The van der Waals surface area contributed by atoms with Gasteiger partial charge in [-0.05, 0) is 41.3 Å². The van der Waals surface area contributed by atoms with Crippen LogP contribution in [0.3, 0.4) is 0 Å². The number of amides is 1. The van der Waals surface area contributed by atoms with E-state index in [1.54, 1.807) is 31.3 Å². The van der Waals surface area contributed by atoms with E-state index < -0.39 is 29.5 Å². The van der Waals surface area contributed by atoms with Crippen molar-refractivity contribution >= 4 is 32.6 Å². The molecule has 1 aliphatic carbocycles. The summed E-state index contributed by atoms with van der Waals surface area (Å²) < 4.78 is 42.1. The van der Waals surface area contributed by atoms with E-state index in [2.05, 4.69) is 25.7 Å². The molecule has 33 heavy (non-hydrogen) atoms. The van der Waals surface area contributed by atoms with Crippen molar-refractivity contribution in [1.82, 2.24) is 25.2 Å². The molecule has 1 aliphatic rings. The predicted octanol–water partition coefficient (Wildman–Crippen LogP) is 4.78. The summed E-state index contributed by atoms with van der Waals surface area (Å²) in [4.78, 5) is 19.0. The van der Waals surface area contributed by atoms with E-state index in [4.69, 9.17) is 0 Å². The highest BCUT2D eigenvalue weighted by Crippen LogP contribution is 2.46. The molecule has 5 rings (SSSR count). The first-order valence-corrected chi connectivity index (χ1v) is 11.2. The zero-order valence-electron chi connectivity index (χ0n) is 17.5. The SMILES string of the molecule is Cn1nnc(-c2ccc([C@@H](C(=O)Nc3nc4ccc(F)cc4s3)[C@H]3CCC(F)(F)C3)cc2)n1. The predicted molar refractivity (Wildman–Crippen MR) is 117 cm³/mol. The number of hydrogen-bond donors (Lipinski definition) is 1. The van der Waals surface area contributed by atoms with Crippen molar-refractivity contribution in [2.75, 3.05) is 5.32 Å². The quantitative estimate of drug-likeness (QED) is 0.452. The zero-order valence-corrected chi connectivity index (χ0v) is 18.3. The molecular formula is C22H19F3N6OS. The Bertz CT molecular complexity index is 1320. The molecule has 0 saturated heterocycles. The lowest BCUT2D eigenvalue weighted by atomic mass is 9.83. The monoisotopic (exact) mass is 472 g/mol. The van der Waals surface area contributed by atoms with Gasteiger partial charge < -0.3 is 5.32 Å². The lowest BCUT2D eigenvalue weighted by Crippen LogP contribution is -2.27. The van der Waals surface area contributed by atoms with Crippen LogP contribution in [0.1, 0.15) is 30.7 Å². The van der Waals surface area contributed by atoms with Crippen LogP contribution >= 0.6 is 11.3 Å². The number of hydrogen-bond acceptors (Lipinski definition) is 6. The van der Waals surface area contributed by atoms with Crippen molar-refractivity contribution in [3.63, 3.8) is 0 Å². The molecule has 11 heteroatoms. The fourth-order valence-corrected chi connectivity index (χ4v) is 5.17. The molecule has 1 saturated carbocycles. The number of aryl methyl sites for hydroxylation is 1. The first kappa shape index (κ1) is 21.5. The van der Waals surface area contributed by atoms with Crippen LogP contribution in [0.25, 0.3) is 21.6 Å². The molecule has 2 aromatic carbocycles. The molecule has 0 aliphatic heterocycles. The maximum atomic E-state index is 14.0. The first-order valence-electron chi connectivity index (χ1n) is 10.4. The standard InChI is InChI=1S/C22H19F3N6OS/c1-31-29-19(28-30-31)13-4-2-12(3-5-13)18(14-8-9-22(24,25)11-14)20(32)27-21-26-16-7-6-15(23)10-17(16)33-21/h2-7,10,14,18H,8-9,11H2,1H3,(H,26,27,32)/t14-,18+/m0/s1. The average molecular weight is 472 g/mol. The smallest absolute Gasteiger partial charge is 0.248 e. The Labute approximate surface area is 190 Å². The number of carbonyl (C=O) groups is 1. The Morgan fingerprint density at radius 2 is 2.03 bits per heavy atom. The molecule has 1 N–H and O–H groups in total. The molecule has 2 atom stereocenters. The molecule has 4 aromatic rings. The second kappa shape index (κ2) is 8.22. The van der Waals surface area contributed by atoms with Crippen LogP contribution in [0.2, 0.25) is 0 Å². The highest BCUT2D eigenvalue weighted by atomic mass is 32.1. The van der Waals surface area contributed by atoms with E-state index in [9.17, 15) is 18.0 Å². The van der Waals surface area contributed by atoms with E-state index in [0.29, 0.717) is 32.3 Å². The molecule has 2 heterocycles. The number of halogens is 3. The minimum Gasteiger partial charge on any atom is -0.301 e. The van der Waals surface area contributed by atoms with Crippen molar-refractivity contribution < 1.29 is 18.0 Å². The second-order valence-corrected chi connectivity index (χ2v) is 9.21. The Hall–Kier alpha value is -3.34. The fourth-order valence-electron chi connectivity index (χ4n) is 4.28. The maximum Gasteiger partial charge on any atom is 0.248 e. The van der Waals surface area contributed by atoms with Gasteiger partial charge in [0, 0.05) is 18.4 Å². The summed E-state index contributed by atoms with van der Waals surface area (Å²) in [5.74, 6) is -4.48. The summed E-state index contributed by atoms with van der Waals surface area (Å²) >= 11 is 1.14. The Balaban J connectivity index is 1.44. The third kappa shape index (κ3) is 4.45. The van der Waals surface area contributed by atoms with Gasteiger partial charge >= 0.3 is 0 Å². The molecule has 2 aromatic heterocycles. The normalized spacial score (nSPS) is 18.5. The molecule has 0 spiro atoms. The van der Waals surface area contributed by atoms with E-state index >= 15 is 0 Å². The van der Waals surface area contributed by atoms with Crippen molar-refractivity contribution in [3.8, 4) is 11.4 Å². The number of anilines is 1. The summed E-state index contributed by atoms with van der Waals surface area (Å²) in [7, 11) is 1.65. The number of aromatic nitrogens is 5. The first-order chi connectivity index (χ1) is 15.8. The van der Waals surface area contributed by atoms with Gasteiger partial charge in [-0.3, -0.25) is 4.79 Å². The van der Waals surface area contributed by atoms with E-state index in [1.807, 2.05) is 0 Å². The van der Waals surface area contributed by atoms with Gasteiger partial charge in [-0.25, -0.2) is 18.2 Å². The third-order valence-electron chi connectivity index (χ3n) is 5.81. The van der Waals surface area contributed by atoms with Crippen molar-refractivity contribution in [2.45, 2.75) is 31.1 Å². The second-order valence-electron chi connectivity index (χ2n) is 8.18. The number of alkyl halides is 2. The Morgan fingerprint density at radius 3 is 2.70 bits per heavy atom. The molecule has 1 amide bonds. The van der Waals surface area contributed by atoms with Crippen LogP contribution in [0.4, 0.5) is 18.3 Å². The summed E-state index contributed by atoms with van der Waals surface area (Å²) in [6.07, 6.45) is -0.364. The number of tetrazole rings is 1. The maximum absolute atomic E-state index is 14.0. The summed E-state index contributed by atoms with van der Waals surface area (Å²) in [6.45, 7) is 0. The van der Waals surface area contributed by atoms with Crippen LogP contribution in [0.15, 0.2) is 42.5 Å². The number of fused-ring (bicyclic) bond motifs is 1. The minimum atomic E-state index is -2.79. The van der Waals surface area contributed by atoms with Crippen LogP contribution < -0.4 is 5.32 Å². The van der Waals surface area contributed by atoms with Crippen molar-refractivity contribution in [3.05, 3.63) is 53.8 Å². The number of benzene rings is 2. The lowest BCUT2D eigenvalue weighted by Gasteiger charge is -2.23. The van der Waals surface area contributed by atoms with Gasteiger partial charge in [0.25, 0.3) is 0 Å². The van der Waals surface area contributed by atoms with E-state index in [1.165, 1.54) is 23.0 Å². The topological polar surface area (TPSA) is 85.6 Å².